The molecular weight excluding hydrogens is 452 g/mol. The maximum absolute atomic E-state index is 13.0. The zero-order valence-electron chi connectivity index (χ0n) is 19.9. The number of aliphatic carboxylic acids is 1. The lowest BCUT2D eigenvalue weighted by Crippen LogP contribution is -2.58. The first-order valence-electron chi connectivity index (χ1n) is 11.5. The molecule has 1 heterocycles. The standard InChI is InChI=1S/C26H30N2O7/c1-15(33-3)22(23(29)30)28-24(31)26(2)14-34-13-21(26)27-25(32)35-12-20-18-10-6-4-8-16(18)17-9-5-7-11-19(17)20/h4-11,15,20-22H,12-14H2,1-3H3,(H,27,32)(H,28,31)(H,29,30). The van der Waals surface area contributed by atoms with Gasteiger partial charge in [-0.25, -0.2) is 9.59 Å². The van der Waals surface area contributed by atoms with Crippen LogP contribution in [0.5, 0.6) is 0 Å². The number of carboxylic acids is 1. The minimum atomic E-state index is -1.24. The Bertz CT molecular complexity index is 1070. The summed E-state index contributed by atoms with van der Waals surface area (Å²) in [6.45, 7) is 3.45. The average Bonchev–Trinajstić information content (AvgIpc) is 3.38. The number of rotatable bonds is 8. The minimum absolute atomic E-state index is 0.0286. The third-order valence-electron chi connectivity index (χ3n) is 7.00. The predicted molar refractivity (Wildman–Crippen MR) is 127 cm³/mol. The van der Waals surface area contributed by atoms with Crippen LogP contribution in [-0.4, -0.2) is 68.2 Å². The van der Waals surface area contributed by atoms with Crippen molar-refractivity contribution in [2.75, 3.05) is 26.9 Å². The van der Waals surface area contributed by atoms with Crippen molar-refractivity contribution in [2.45, 2.75) is 38.0 Å². The van der Waals surface area contributed by atoms with Gasteiger partial charge in [0, 0.05) is 13.0 Å². The number of carbonyl (C=O) groups is 3. The number of amides is 2. The van der Waals surface area contributed by atoms with Crippen molar-refractivity contribution in [3.63, 3.8) is 0 Å². The fraction of sp³-hybridized carbons (Fsp3) is 0.423. The molecule has 0 bridgehead atoms. The number of carbonyl (C=O) groups excluding carboxylic acids is 2. The van der Waals surface area contributed by atoms with E-state index < -0.39 is 41.6 Å². The fourth-order valence-electron chi connectivity index (χ4n) is 4.70. The highest BCUT2D eigenvalue weighted by Crippen LogP contribution is 2.44. The van der Waals surface area contributed by atoms with E-state index in [1.165, 1.54) is 7.11 Å². The first kappa shape index (κ1) is 24.7. The van der Waals surface area contributed by atoms with Gasteiger partial charge in [-0.15, -0.1) is 0 Å². The second-order valence-electron chi connectivity index (χ2n) is 9.19. The molecular formula is C26H30N2O7. The maximum Gasteiger partial charge on any atom is 0.407 e. The van der Waals surface area contributed by atoms with Crippen molar-refractivity contribution in [3.05, 3.63) is 59.7 Å². The second kappa shape index (κ2) is 10.1. The third kappa shape index (κ3) is 4.74. The third-order valence-corrected chi connectivity index (χ3v) is 7.00. The number of benzene rings is 2. The van der Waals surface area contributed by atoms with Crippen molar-refractivity contribution in [2.24, 2.45) is 5.41 Å². The van der Waals surface area contributed by atoms with E-state index in [1.54, 1.807) is 13.8 Å². The van der Waals surface area contributed by atoms with Crippen LogP contribution in [0.2, 0.25) is 0 Å². The summed E-state index contributed by atoms with van der Waals surface area (Å²) in [5.41, 5.74) is 3.28. The summed E-state index contributed by atoms with van der Waals surface area (Å²) in [7, 11) is 1.37. The van der Waals surface area contributed by atoms with E-state index in [-0.39, 0.29) is 25.7 Å². The number of ether oxygens (including phenoxy) is 3. The molecule has 9 heteroatoms. The first-order valence-corrected chi connectivity index (χ1v) is 11.5. The van der Waals surface area contributed by atoms with Gasteiger partial charge in [-0.3, -0.25) is 4.79 Å². The molecule has 0 spiro atoms. The Labute approximate surface area is 203 Å². The summed E-state index contributed by atoms with van der Waals surface area (Å²) in [5, 5.41) is 14.7. The van der Waals surface area contributed by atoms with E-state index in [9.17, 15) is 19.5 Å². The lowest BCUT2D eigenvalue weighted by molar-refractivity contribution is -0.147. The Morgan fingerprint density at radius 3 is 2.29 bits per heavy atom. The van der Waals surface area contributed by atoms with Gasteiger partial charge in [-0.05, 0) is 36.1 Å². The largest absolute Gasteiger partial charge is 0.480 e. The minimum Gasteiger partial charge on any atom is -0.480 e. The SMILES string of the molecule is COC(C)C(NC(=O)C1(C)COCC1NC(=O)OCC1c2ccccc2-c2ccccc21)C(=O)O. The Balaban J connectivity index is 1.41. The number of nitrogens with one attached hydrogen (secondary N) is 2. The van der Waals surface area contributed by atoms with E-state index in [4.69, 9.17) is 14.2 Å². The molecule has 0 saturated carbocycles. The highest BCUT2D eigenvalue weighted by molar-refractivity contribution is 5.89. The zero-order valence-corrected chi connectivity index (χ0v) is 19.9. The molecule has 2 aromatic rings. The molecule has 4 rings (SSSR count). The smallest absolute Gasteiger partial charge is 0.407 e. The monoisotopic (exact) mass is 482 g/mol. The number of fused-ring (bicyclic) bond motifs is 3. The highest BCUT2D eigenvalue weighted by atomic mass is 16.5. The van der Waals surface area contributed by atoms with Gasteiger partial charge >= 0.3 is 12.1 Å². The molecule has 2 amide bonds. The van der Waals surface area contributed by atoms with E-state index in [1.807, 2.05) is 36.4 Å². The van der Waals surface area contributed by atoms with E-state index >= 15 is 0 Å². The van der Waals surface area contributed by atoms with Gasteiger partial charge in [0.25, 0.3) is 0 Å². The van der Waals surface area contributed by atoms with Crippen LogP contribution >= 0.6 is 0 Å². The molecule has 3 N–H and O–H groups in total. The van der Waals surface area contributed by atoms with Crippen molar-refractivity contribution >= 4 is 18.0 Å². The first-order chi connectivity index (χ1) is 16.8. The molecule has 1 aliphatic carbocycles. The topological polar surface area (TPSA) is 123 Å². The zero-order chi connectivity index (χ0) is 25.2. The van der Waals surface area contributed by atoms with Gasteiger partial charge in [0.15, 0.2) is 6.04 Å². The molecule has 2 aromatic carbocycles. The average molecular weight is 483 g/mol. The second-order valence-corrected chi connectivity index (χ2v) is 9.19. The summed E-state index contributed by atoms with van der Waals surface area (Å²) in [4.78, 5) is 37.4. The molecule has 4 unspecified atom stereocenters. The normalized spacial score (nSPS) is 22.5. The molecule has 0 radical (unpaired) electrons. The van der Waals surface area contributed by atoms with E-state index in [0.29, 0.717) is 0 Å². The molecule has 1 aliphatic heterocycles. The molecule has 0 aromatic heterocycles. The number of methoxy groups -OCH3 is 1. The maximum atomic E-state index is 13.0. The van der Waals surface area contributed by atoms with Crippen LogP contribution in [0.15, 0.2) is 48.5 Å². The van der Waals surface area contributed by atoms with Crippen LogP contribution in [0, 0.1) is 5.41 Å². The van der Waals surface area contributed by atoms with Gasteiger partial charge in [0.05, 0.1) is 30.8 Å². The Morgan fingerprint density at radius 1 is 1.11 bits per heavy atom. The Kier molecular flexibility index (Phi) is 7.09. The molecule has 35 heavy (non-hydrogen) atoms. The van der Waals surface area contributed by atoms with Gasteiger partial charge < -0.3 is 30.0 Å². The van der Waals surface area contributed by atoms with E-state index in [0.717, 1.165) is 22.3 Å². The number of carboxylic acid groups (broad SMARTS) is 1. The quantitative estimate of drug-likeness (QED) is 0.528. The van der Waals surface area contributed by atoms with Crippen LogP contribution < -0.4 is 10.6 Å². The van der Waals surface area contributed by atoms with Crippen molar-refractivity contribution in [1.29, 1.82) is 0 Å². The van der Waals surface area contributed by atoms with Crippen molar-refractivity contribution in [3.8, 4) is 11.1 Å². The van der Waals surface area contributed by atoms with Crippen molar-refractivity contribution < 1.29 is 33.7 Å². The molecule has 1 saturated heterocycles. The van der Waals surface area contributed by atoms with Crippen LogP contribution in [0.1, 0.15) is 30.9 Å². The lowest BCUT2D eigenvalue weighted by atomic mass is 9.84. The summed E-state index contributed by atoms with van der Waals surface area (Å²) >= 11 is 0. The summed E-state index contributed by atoms with van der Waals surface area (Å²) in [5.74, 6) is -1.85. The summed E-state index contributed by atoms with van der Waals surface area (Å²) in [6, 6.07) is 14.2. The summed E-state index contributed by atoms with van der Waals surface area (Å²) < 4.78 is 16.2. The summed E-state index contributed by atoms with van der Waals surface area (Å²) in [6.07, 6.45) is -1.41. The van der Waals surface area contributed by atoms with Gasteiger partial charge in [-0.2, -0.15) is 0 Å². The molecule has 1 fully saturated rings. The number of alkyl carbamates (subject to hydrolysis) is 1. The molecule has 9 nitrogen and oxygen atoms in total. The van der Waals surface area contributed by atoms with E-state index in [2.05, 4.69) is 22.8 Å². The van der Waals surface area contributed by atoms with Gasteiger partial charge in [-0.1, -0.05) is 48.5 Å². The van der Waals surface area contributed by atoms with Gasteiger partial charge in [0.2, 0.25) is 5.91 Å². The van der Waals surface area contributed by atoms with Crippen molar-refractivity contribution in [1.82, 2.24) is 10.6 Å². The molecule has 186 valence electrons. The van der Waals surface area contributed by atoms with Crippen LogP contribution in [0.4, 0.5) is 4.79 Å². The van der Waals surface area contributed by atoms with Crippen LogP contribution in [0.3, 0.4) is 0 Å². The lowest BCUT2D eigenvalue weighted by Gasteiger charge is -2.31. The molecule has 4 atom stereocenters. The molecule has 2 aliphatic rings. The number of hydrogen-bond donors (Lipinski definition) is 3. The van der Waals surface area contributed by atoms with Crippen LogP contribution in [-0.2, 0) is 23.8 Å². The Hall–Kier alpha value is -3.43. The fourth-order valence-corrected chi connectivity index (χ4v) is 4.70. The Morgan fingerprint density at radius 2 is 1.71 bits per heavy atom. The van der Waals surface area contributed by atoms with Gasteiger partial charge in [0.1, 0.15) is 6.61 Å². The predicted octanol–water partition coefficient (Wildman–Crippen LogP) is 2.53. The highest BCUT2D eigenvalue weighted by Gasteiger charge is 2.48. The van der Waals surface area contributed by atoms with Crippen LogP contribution in [0.25, 0.3) is 11.1 Å². The number of hydrogen-bond acceptors (Lipinski definition) is 6.